The van der Waals surface area contributed by atoms with Crippen molar-refractivity contribution in [2.24, 2.45) is 5.10 Å². The number of hydrogen-bond donors (Lipinski definition) is 1. The minimum absolute atomic E-state index is 0.141. The fourth-order valence-corrected chi connectivity index (χ4v) is 3.34. The standard InChI is InChI=1S/C18H19FN2O3S/c1-18(2,3)25(23,24)16-7-5-4-6-14(16)12-20-21-17(22)13-8-10-15(19)11-9-13/h4-12H,1-3H3,(H,21,22)/b20-12+. The summed E-state index contributed by atoms with van der Waals surface area (Å²) in [5.41, 5.74) is 2.91. The van der Waals surface area contributed by atoms with Gasteiger partial charge in [-0.25, -0.2) is 18.2 Å². The third-order valence-corrected chi connectivity index (χ3v) is 6.05. The van der Waals surface area contributed by atoms with Crippen molar-refractivity contribution < 1.29 is 17.6 Å². The quantitative estimate of drug-likeness (QED) is 0.670. The van der Waals surface area contributed by atoms with E-state index in [4.69, 9.17) is 0 Å². The molecule has 0 saturated heterocycles. The largest absolute Gasteiger partial charge is 0.271 e. The molecule has 0 heterocycles. The lowest BCUT2D eigenvalue weighted by Gasteiger charge is -2.20. The number of amides is 1. The SMILES string of the molecule is CC(C)(C)S(=O)(=O)c1ccccc1/C=N/NC(=O)c1ccc(F)cc1. The van der Waals surface area contributed by atoms with Gasteiger partial charge in [0.2, 0.25) is 0 Å². The van der Waals surface area contributed by atoms with Crippen molar-refractivity contribution in [2.45, 2.75) is 30.4 Å². The molecule has 0 atom stereocenters. The zero-order valence-electron chi connectivity index (χ0n) is 14.2. The Balaban J connectivity index is 2.22. The lowest BCUT2D eigenvalue weighted by Crippen LogP contribution is -2.28. The van der Waals surface area contributed by atoms with E-state index in [0.717, 1.165) is 0 Å². The number of sulfone groups is 1. The van der Waals surface area contributed by atoms with Gasteiger partial charge in [-0.05, 0) is 51.1 Å². The van der Waals surface area contributed by atoms with Crippen LogP contribution in [0.15, 0.2) is 58.5 Å². The van der Waals surface area contributed by atoms with E-state index in [9.17, 15) is 17.6 Å². The Kier molecular flexibility index (Phi) is 5.37. The lowest BCUT2D eigenvalue weighted by molar-refractivity contribution is 0.0955. The molecular weight excluding hydrogens is 343 g/mol. The summed E-state index contributed by atoms with van der Waals surface area (Å²) in [6.45, 7) is 4.85. The lowest BCUT2D eigenvalue weighted by atomic mass is 10.2. The van der Waals surface area contributed by atoms with Gasteiger partial charge in [0, 0.05) is 11.1 Å². The normalized spacial score (nSPS) is 12.3. The van der Waals surface area contributed by atoms with Crippen LogP contribution in [0.1, 0.15) is 36.7 Å². The molecule has 0 aromatic heterocycles. The average Bonchev–Trinajstić information content (AvgIpc) is 2.54. The van der Waals surface area contributed by atoms with Crippen LogP contribution >= 0.6 is 0 Å². The fourth-order valence-electron chi connectivity index (χ4n) is 1.99. The molecule has 0 bridgehead atoms. The van der Waals surface area contributed by atoms with E-state index in [-0.39, 0.29) is 10.5 Å². The third-order valence-electron chi connectivity index (χ3n) is 3.49. The second-order valence-electron chi connectivity index (χ2n) is 6.36. The van der Waals surface area contributed by atoms with Crippen molar-refractivity contribution in [2.75, 3.05) is 0 Å². The zero-order valence-corrected chi connectivity index (χ0v) is 15.0. The first-order chi connectivity index (χ1) is 11.6. The second-order valence-corrected chi connectivity index (χ2v) is 9.03. The predicted molar refractivity (Wildman–Crippen MR) is 94.8 cm³/mol. The van der Waals surface area contributed by atoms with Gasteiger partial charge in [-0.1, -0.05) is 18.2 Å². The number of hydrogen-bond acceptors (Lipinski definition) is 4. The molecule has 5 nitrogen and oxygen atoms in total. The summed E-state index contributed by atoms with van der Waals surface area (Å²) in [4.78, 5) is 12.1. The first-order valence-electron chi connectivity index (χ1n) is 7.55. The van der Waals surface area contributed by atoms with Crippen LogP contribution in [0.2, 0.25) is 0 Å². The van der Waals surface area contributed by atoms with Crippen molar-refractivity contribution in [1.29, 1.82) is 0 Å². The van der Waals surface area contributed by atoms with Crippen LogP contribution in [0, 0.1) is 5.82 Å². The molecule has 0 fully saturated rings. The number of benzene rings is 2. The smallest absolute Gasteiger partial charge is 0.267 e. The maximum Gasteiger partial charge on any atom is 0.271 e. The highest BCUT2D eigenvalue weighted by atomic mass is 32.2. The topological polar surface area (TPSA) is 75.6 Å². The van der Waals surface area contributed by atoms with Gasteiger partial charge in [0.05, 0.1) is 15.9 Å². The molecule has 0 saturated carbocycles. The molecule has 0 unspecified atom stereocenters. The van der Waals surface area contributed by atoms with E-state index in [1.54, 1.807) is 39.0 Å². The van der Waals surface area contributed by atoms with Crippen LogP contribution in [0.5, 0.6) is 0 Å². The monoisotopic (exact) mass is 362 g/mol. The molecule has 0 aliphatic heterocycles. The maximum absolute atomic E-state index is 12.9. The number of nitrogens with zero attached hydrogens (tertiary/aromatic N) is 1. The Morgan fingerprint density at radius 1 is 1.08 bits per heavy atom. The van der Waals surface area contributed by atoms with Crippen LogP contribution in [-0.4, -0.2) is 25.3 Å². The highest BCUT2D eigenvalue weighted by molar-refractivity contribution is 7.92. The summed E-state index contributed by atoms with van der Waals surface area (Å²) in [7, 11) is -3.56. The Morgan fingerprint density at radius 2 is 1.68 bits per heavy atom. The van der Waals surface area contributed by atoms with Crippen molar-refractivity contribution in [3.8, 4) is 0 Å². The van der Waals surface area contributed by atoms with Gasteiger partial charge >= 0.3 is 0 Å². The number of rotatable bonds is 4. The molecular formula is C18H19FN2O3S. The molecule has 132 valence electrons. The second kappa shape index (κ2) is 7.14. The van der Waals surface area contributed by atoms with Crippen LogP contribution < -0.4 is 5.43 Å². The summed E-state index contributed by atoms with van der Waals surface area (Å²) in [6, 6.07) is 11.4. The van der Waals surface area contributed by atoms with E-state index < -0.39 is 26.3 Å². The van der Waals surface area contributed by atoms with Gasteiger partial charge in [0.15, 0.2) is 9.84 Å². The molecule has 0 radical (unpaired) electrons. The Morgan fingerprint density at radius 3 is 2.28 bits per heavy atom. The summed E-state index contributed by atoms with van der Waals surface area (Å²) in [6.07, 6.45) is 1.28. The minimum atomic E-state index is -3.56. The van der Waals surface area contributed by atoms with Crippen LogP contribution in [0.3, 0.4) is 0 Å². The third kappa shape index (κ3) is 4.30. The van der Waals surface area contributed by atoms with Crippen LogP contribution in [0.25, 0.3) is 0 Å². The van der Waals surface area contributed by atoms with E-state index in [0.29, 0.717) is 5.56 Å². The number of carbonyl (C=O) groups is 1. The van der Waals surface area contributed by atoms with Gasteiger partial charge in [-0.15, -0.1) is 0 Å². The molecule has 0 aliphatic carbocycles. The first-order valence-corrected chi connectivity index (χ1v) is 9.04. The maximum atomic E-state index is 12.9. The highest BCUT2D eigenvalue weighted by Crippen LogP contribution is 2.26. The number of halogens is 1. The molecule has 2 aromatic carbocycles. The molecule has 0 spiro atoms. The van der Waals surface area contributed by atoms with E-state index in [1.807, 2.05) is 0 Å². The van der Waals surface area contributed by atoms with Crippen LogP contribution in [-0.2, 0) is 9.84 Å². The molecule has 1 N–H and O–H groups in total. The summed E-state index contributed by atoms with van der Waals surface area (Å²) in [5, 5.41) is 3.81. The molecule has 1 amide bonds. The predicted octanol–water partition coefficient (Wildman–Crippen LogP) is 3.16. The molecule has 2 aromatic rings. The van der Waals surface area contributed by atoms with E-state index in [1.165, 1.54) is 36.5 Å². The van der Waals surface area contributed by atoms with Crippen molar-refractivity contribution in [3.05, 3.63) is 65.5 Å². The summed E-state index contributed by atoms with van der Waals surface area (Å²) in [5.74, 6) is -0.964. The Hall–Kier alpha value is -2.54. The minimum Gasteiger partial charge on any atom is -0.267 e. The first kappa shape index (κ1) is 18.8. The summed E-state index contributed by atoms with van der Waals surface area (Å²) < 4.78 is 37.2. The Labute approximate surface area is 146 Å². The van der Waals surface area contributed by atoms with E-state index in [2.05, 4.69) is 10.5 Å². The van der Waals surface area contributed by atoms with Gasteiger partial charge in [0.1, 0.15) is 5.82 Å². The molecule has 2 rings (SSSR count). The number of carbonyl (C=O) groups excluding carboxylic acids is 1. The van der Waals surface area contributed by atoms with Gasteiger partial charge in [0.25, 0.3) is 5.91 Å². The van der Waals surface area contributed by atoms with Crippen molar-refractivity contribution in [3.63, 3.8) is 0 Å². The number of hydrazone groups is 1. The molecule has 0 aliphatic rings. The van der Waals surface area contributed by atoms with Gasteiger partial charge < -0.3 is 0 Å². The van der Waals surface area contributed by atoms with Gasteiger partial charge in [-0.2, -0.15) is 5.10 Å². The summed E-state index contributed by atoms with van der Waals surface area (Å²) >= 11 is 0. The zero-order chi connectivity index (χ0) is 18.7. The fraction of sp³-hybridized carbons (Fsp3) is 0.222. The van der Waals surface area contributed by atoms with Crippen molar-refractivity contribution in [1.82, 2.24) is 5.43 Å². The van der Waals surface area contributed by atoms with E-state index >= 15 is 0 Å². The average molecular weight is 362 g/mol. The van der Waals surface area contributed by atoms with Crippen molar-refractivity contribution >= 4 is 22.0 Å². The molecule has 7 heteroatoms. The molecule has 25 heavy (non-hydrogen) atoms. The highest BCUT2D eigenvalue weighted by Gasteiger charge is 2.32. The van der Waals surface area contributed by atoms with Crippen LogP contribution in [0.4, 0.5) is 4.39 Å². The number of nitrogens with one attached hydrogen (secondary N) is 1. The van der Waals surface area contributed by atoms with Gasteiger partial charge in [-0.3, -0.25) is 4.79 Å². The Bertz CT molecular complexity index is 899.